The zero-order chi connectivity index (χ0) is 21.4. The summed E-state index contributed by atoms with van der Waals surface area (Å²) in [6.45, 7) is 0.758. The van der Waals surface area contributed by atoms with Gasteiger partial charge in [-0.05, 0) is 72.4 Å². The van der Waals surface area contributed by atoms with Crippen LogP contribution >= 0.6 is 0 Å². The van der Waals surface area contributed by atoms with E-state index in [1.165, 1.54) is 5.56 Å². The summed E-state index contributed by atoms with van der Waals surface area (Å²) in [5.74, 6) is 0.705. The van der Waals surface area contributed by atoms with Crippen LogP contribution in [0.1, 0.15) is 40.2 Å². The number of carbonyl (C=O) groups is 1. The van der Waals surface area contributed by atoms with E-state index >= 15 is 0 Å². The number of hydrogen-bond donors (Lipinski definition) is 2. The summed E-state index contributed by atoms with van der Waals surface area (Å²) in [6.07, 6.45) is 6.07. The van der Waals surface area contributed by atoms with Crippen molar-refractivity contribution in [1.29, 1.82) is 0 Å². The molecule has 2 aromatic heterocycles. The molecule has 156 valence electrons. The van der Waals surface area contributed by atoms with Gasteiger partial charge in [-0.3, -0.25) is 0 Å². The molecular weight excluding hydrogens is 390 g/mol. The number of nitrogens with zero attached hydrogens (tertiary/aromatic N) is 2. The minimum Gasteiger partial charge on any atom is -0.497 e. The first kappa shape index (κ1) is 19.2. The number of carboxylic acids is 1. The first-order valence-corrected chi connectivity index (χ1v) is 10.3. The summed E-state index contributed by atoms with van der Waals surface area (Å²) in [7, 11) is 1.66. The number of hydrogen-bond acceptors (Lipinski definition) is 4. The molecule has 0 saturated heterocycles. The van der Waals surface area contributed by atoms with Gasteiger partial charge in [-0.25, -0.2) is 9.78 Å². The van der Waals surface area contributed by atoms with Gasteiger partial charge in [0.15, 0.2) is 0 Å². The maximum atomic E-state index is 11.7. The normalized spacial score (nSPS) is 13.3. The van der Waals surface area contributed by atoms with Gasteiger partial charge in [0.2, 0.25) is 0 Å². The van der Waals surface area contributed by atoms with Crippen molar-refractivity contribution in [2.75, 3.05) is 12.4 Å². The number of pyridine rings is 1. The lowest BCUT2D eigenvalue weighted by Crippen LogP contribution is -2.06. The Balaban J connectivity index is 1.39. The van der Waals surface area contributed by atoms with Gasteiger partial charge in [-0.15, -0.1) is 0 Å². The van der Waals surface area contributed by atoms with Crippen LogP contribution in [0.4, 0.5) is 11.5 Å². The van der Waals surface area contributed by atoms with Gasteiger partial charge in [0.25, 0.3) is 0 Å². The highest BCUT2D eigenvalue weighted by Crippen LogP contribution is 2.40. The fourth-order valence-corrected chi connectivity index (χ4v) is 3.86. The Bertz CT molecular complexity index is 1260. The number of carboxylic acid groups (broad SMARTS) is 1. The Morgan fingerprint density at radius 3 is 2.68 bits per heavy atom. The first-order valence-electron chi connectivity index (χ1n) is 10.3. The molecule has 0 spiro atoms. The van der Waals surface area contributed by atoms with Crippen LogP contribution in [0.25, 0.3) is 10.9 Å². The Labute approximate surface area is 180 Å². The molecule has 6 nitrogen and oxygen atoms in total. The van der Waals surface area contributed by atoms with Crippen LogP contribution in [0.3, 0.4) is 0 Å². The minimum atomic E-state index is -0.968. The van der Waals surface area contributed by atoms with E-state index in [0.717, 1.165) is 47.3 Å². The highest BCUT2D eigenvalue weighted by Gasteiger charge is 2.26. The molecule has 2 N–H and O–H groups in total. The summed E-state index contributed by atoms with van der Waals surface area (Å²) in [4.78, 5) is 16.1. The number of methoxy groups -OCH3 is 1. The van der Waals surface area contributed by atoms with Crippen LogP contribution in [0.15, 0.2) is 67.0 Å². The van der Waals surface area contributed by atoms with Gasteiger partial charge >= 0.3 is 5.97 Å². The van der Waals surface area contributed by atoms with Crippen LogP contribution in [-0.4, -0.2) is 27.7 Å². The van der Waals surface area contributed by atoms with Gasteiger partial charge < -0.3 is 19.7 Å². The number of benzene rings is 2. The Morgan fingerprint density at radius 2 is 1.97 bits per heavy atom. The topological polar surface area (TPSA) is 76.4 Å². The predicted molar refractivity (Wildman–Crippen MR) is 120 cm³/mol. The molecule has 0 unspecified atom stereocenters. The number of aromatic nitrogens is 2. The monoisotopic (exact) mass is 413 g/mol. The smallest absolute Gasteiger partial charge is 0.339 e. The summed E-state index contributed by atoms with van der Waals surface area (Å²) in [5.41, 5.74) is 4.32. The average Bonchev–Trinajstić information content (AvgIpc) is 3.56. The van der Waals surface area contributed by atoms with E-state index in [4.69, 9.17) is 4.74 Å². The highest BCUT2D eigenvalue weighted by atomic mass is 16.5. The van der Waals surface area contributed by atoms with E-state index in [1.807, 2.05) is 30.3 Å². The number of anilines is 2. The molecule has 2 aromatic carbocycles. The molecule has 31 heavy (non-hydrogen) atoms. The zero-order valence-corrected chi connectivity index (χ0v) is 17.2. The van der Waals surface area contributed by atoms with Crippen LogP contribution < -0.4 is 10.1 Å². The molecule has 5 rings (SSSR count). The van der Waals surface area contributed by atoms with Crippen molar-refractivity contribution >= 4 is 28.4 Å². The molecule has 0 bridgehead atoms. The summed E-state index contributed by atoms with van der Waals surface area (Å²) in [5, 5.41) is 13.9. The van der Waals surface area contributed by atoms with Crippen LogP contribution in [0.5, 0.6) is 5.75 Å². The molecule has 2 heterocycles. The summed E-state index contributed by atoms with van der Waals surface area (Å²) in [6, 6.07) is 17.9. The Kier molecular flexibility index (Phi) is 4.82. The largest absolute Gasteiger partial charge is 0.497 e. The number of nitrogens with one attached hydrogen (secondary N) is 1. The van der Waals surface area contributed by atoms with Gasteiger partial charge in [0, 0.05) is 35.5 Å². The van der Waals surface area contributed by atoms with E-state index in [9.17, 15) is 9.90 Å². The van der Waals surface area contributed by atoms with E-state index in [1.54, 1.807) is 19.4 Å². The van der Waals surface area contributed by atoms with Crippen LogP contribution in [0.2, 0.25) is 0 Å². The summed E-state index contributed by atoms with van der Waals surface area (Å²) >= 11 is 0. The lowest BCUT2D eigenvalue weighted by molar-refractivity contribution is 0.0697. The van der Waals surface area contributed by atoms with E-state index in [-0.39, 0.29) is 5.56 Å². The Morgan fingerprint density at radius 1 is 1.16 bits per heavy atom. The fourth-order valence-electron chi connectivity index (χ4n) is 3.86. The third-order valence-electron chi connectivity index (χ3n) is 5.73. The molecule has 1 aliphatic carbocycles. The highest BCUT2D eigenvalue weighted by molar-refractivity contribution is 5.94. The van der Waals surface area contributed by atoms with Gasteiger partial charge in [0.05, 0.1) is 7.11 Å². The lowest BCUT2D eigenvalue weighted by atomic mass is 10.1. The molecule has 0 amide bonds. The molecule has 1 saturated carbocycles. The number of aromatic carboxylic acids is 1. The van der Waals surface area contributed by atoms with Crippen molar-refractivity contribution in [2.45, 2.75) is 25.3 Å². The number of fused-ring (bicyclic) bond motifs is 1. The zero-order valence-electron chi connectivity index (χ0n) is 17.2. The SMILES string of the molecule is COc1ccc(Cn2ccc3cc(Nc4ncc(C5CC5)cc4C(=O)O)ccc32)cc1. The second-order valence-electron chi connectivity index (χ2n) is 7.93. The van der Waals surface area contributed by atoms with Crippen molar-refractivity contribution in [3.63, 3.8) is 0 Å². The van der Waals surface area contributed by atoms with Crippen molar-refractivity contribution < 1.29 is 14.6 Å². The third kappa shape index (κ3) is 3.97. The maximum absolute atomic E-state index is 11.7. The second kappa shape index (κ2) is 7.80. The van der Waals surface area contributed by atoms with E-state index in [0.29, 0.717) is 11.7 Å². The number of rotatable bonds is 7. The van der Waals surface area contributed by atoms with E-state index < -0.39 is 5.97 Å². The molecule has 0 aliphatic heterocycles. The Hall–Kier alpha value is -3.80. The van der Waals surface area contributed by atoms with Gasteiger partial charge in [-0.2, -0.15) is 0 Å². The number of ether oxygens (including phenoxy) is 1. The molecule has 0 radical (unpaired) electrons. The lowest BCUT2D eigenvalue weighted by Gasteiger charge is -2.11. The average molecular weight is 413 g/mol. The molecule has 6 heteroatoms. The predicted octanol–water partition coefficient (Wildman–Crippen LogP) is 5.41. The molecule has 1 fully saturated rings. The fraction of sp³-hybridized carbons (Fsp3) is 0.200. The van der Waals surface area contributed by atoms with Crippen LogP contribution in [-0.2, 0) is 6.54 Å². The molecule has 1 aliphatic rings. The third-order valence-corrected chi connectivity index (χ3v) is 5.73. The van der Waals surface area contributed by atoms with Crippen LogP contribution in [0, 0.1) is 0 Å². The van der Waals surface area contributed by atoms with Crippen molar-refractivity contribution in [3.8, 4) is 5.75 Å². The van der Waals surface area contributed by atoms with Gasteiger partial charge in [0.1, 0.15) is 17.1 Å². The minimum absolute atomic E-state index is 0.210. The summed E-state index contributed by atoms with van der Waals surface area (Å²) < 4.78 is 7.41. The molecule has 0 atom stereocenters. The standard InChI is InChI=1S/C25H23N3O3/c1-31-21-7-2-16(3-8-21)15-28-11-10-18-12-20(6-9-23(18)28)27-24-22(25(29)30)13-19(14-26-24)17-4-5-17/h2-3,6-14,17H,4-5,15H2,1H3,(H,26,27)(H,29,30). The van der Waals surface area contributed by atoms with Crippen molar-refractivity contribution in [3.05, 3.63) is 83.7 Å². The molecule has 4 aromatic rings. The quantitative estimate of drug-likeness (QED) is 0.423. The van der Waals surface area contributed by atoms with E-state index in [2.05, 4.69) is 39.3 Å². The second-order valence-corrected chi connectivity index (χ2v) is 7.93. The maximum Gasteiger partial charge on any atom is 0.339 e. The first-order chi connectivity index (χ1) is 15.1. The van der Waals surface area contributed by atoms with Crippen molar-refractivity contribution in [2.24, 2.45) is 0 Å². The van der Waals surface area contributed by atoms with Crippen molar-refractivity contribution in [1.82, 2.24) is 9.55 Å². The van der Waals surface area contributed by atoms with Gasteiger partial charge in [-0.1, -0.05) is 12.1 Å². The molecular formula is C25H23N3O3.